The maximum atomic E-state index is 5.23. The lowest BCUT2D eigenvalue weighted by Gasteiger charge is -2.04. The zero-order valence-corrected chi connectivity index (χ0v) is 10.2. The number of hydrogen-bond acceptors (Lipinski definition) is 4. The lowest BCUT2D eigenvalue weighted by atomic mass is 10.3. The zero-order valence-electron chi connectivity index (χ0n) is 9.38. The number of oxazole rings is 1. The van der Waals surface area contributed by atoms with Gasteiger partial charge in [-0.2, -0.15) is 0 Å². The van der Waals surface area contributed by atoms with Crippen molar-refractivity contribution in [3.8, 4) is 0 Å². The second-order valence-corrected chi connectivity index (χ2v) is 4.40. The Balaban J connectivity index is 2.16. The van der Waals surface area contributed by atoms with Crippen LogP contribution in [0.2, 0.25) is 0 Å². The molecule has 0 radical (unpaired) electrons. The van der Waals surface area contributed by atoms with Gasteiger partial charge in [0.15, 0.2) is 0 Å². The molecule has 0 aromatic carbocycles. The molecular weight excluding hydrogens is 208 g/mol. The van der Waals surface area contributed by atoms with Gasteiger partial charge in [-0.15, -0.1) is 0 Å². The molecule has 0 fully saturated rings. The first-order valence-corrected chi connectivity index (χ1v) is 6.13. The number of nitrogens with one attached hydrogen (secondary N) is 1. The summed E-state index contributed by atoms with van der Waals surface area (Å²) in [5, 5.41) is 4.04. The van der Waals surface area contributed by atoms with Crippen LogP contribution < -0.4 is 5.32 Å². The molecular formula is C11H18N2OS. The van der Waals surface area contributed by atoms with Gasteiger partial charge in [0.2, 0.25) is 0 Å². The second-order valence-electron chi connectivity index (χ2n) is 3.47. The second kappa shape index (κ2) is 6.69. The topological polar surface area (TPSA) is 38.1 Å². The van der Waals surface area contributed by atoms with Crippen molar-refractivity contribution in [1.82, 2.24) is 10.3 Å². The molecule has 0 saturated heterocycles. The molecule has 1 heterocycles. The van der Waals surface area contributed by atoms with Gasteiger partial charge in [0, 0.05) is 12.3 Å². The SMILES string of the molecule is C=C(CNCCC)CSc1nc(C)co1. The van der Waals surface area contributed by atoms with E-state index < -0.39 is 0 Å². The Labute approximate surface area is 95.3 Å². The smallest absolute Gasteiger partial charge is 0.256 e. The zero-order chi connectivity index (χ0) is 11.1. The Morgan fingerprint density at radius 2 is 2.47 bits per heavy atom. The van der Waals surface area contributed by atoms with Crippen LogP contribution in [0.1, 0.15) is 19.0 Å². The summed E-state index contributed by atoms with van der Waals surface area (Å²) in [7, 11) is 0. The van der Waals surface area contributed by atoms with Crippen LogP contribution >= 0.6 is 11.8 Å². The van der Waals surface area contributed by atoms with E-state index in [4.69, 9.17) is 4.42 Å². The standard InChI is InChI=1S/C11H18N2OS/c1-4-5-12-6-9(2)8-15-11-13-10(3)7-14-11/h7,12H,2,4-6,8H2,1,3H3. The van der Waals surface area contributed by atoms with Crippen LogP contribution in [0.3, 0.4) is 0 Å². The van der Waals surface area contributed by atoms with E-state index in [1.54, 1.807) is 18.0 Å². The first-order chi connectivity index (χ1) is 7.22. The van der Waals surface area contributed by atoms with Gasteiger partial charge in [0.05, 0.1) is 5.69 Å². The molecule has 1 N–H and O–H groups in total. The summed E-state index contributed by atoms with van der Waals surface area (Å²) >= 11 is 1.59. The van der Waals surface area contributed by atoms with E-state index in [0.29, 0.717) is 0 Å². The molecule has 0 bridgehead atoms. The fourth-order valence-corrected chi connectivity index (χ4v) is 1.81. The molecule has 84 valence electrons. The van der Waals surface area contributed by atoms with E-state index in [1.807, 2.05) is 6.92 Å². The molecule has 4 heteroatoms. The van der Waals surface area contributed by atoms with E-state index >= 15 is 0 Å². The van der Waals surface area contributed by atoms with Crippen molar-refractivity contribution < 1.29 is 4.42 Å². The maximum absolute atomic E-state index is 5.23. The first kappa shape index (κ1) is 12.3. The molecule has 0 aliphatic heterocycles. The Bertz CT molecular complexity index is 309. The molecule has 1 rings (SSSR count). The average Bonchev–Trinajstić information content (AvgIpc) is 2.62. The van der Waals surface area contributed by atoms with Gasteiger partial charge >= 0.3 is 0 Å². The van der Waals surface area contributed by atoms with E-state index in [0.717, 1.165) is 36.2 Å². The average molecular weight is 226 g/mol. The summed E-state index contributed by atoms with van der Waals surface area (Å²) in [5.74, 6) is 0.858. The third-order valence-electron chi connectivity index (χ3n) is 1.80. The quantitative estimate of drug-likeness (QED) is 0.440. The van der Waals surface area contributed by atoms with E-state index in [2.05, 4.69) is 23.8 Å². The highest BCUT2D eigenvalue weighted by molar-refractivity contribution is 7.99. The van der Waals surface area contributed by atoms with Crippen molar-refractivity contribution in [3.05, 3.63) is 24.1 Å². The van der Waals surface area contributed by atoms with Crippen LogP contribution in [0, 0.1) is 6.92 Å². The van der Waals surface area contributed by atoms with Crippen molar-refractivity contribution >= 4 is 11.8 Å². The van der Waals surface area contributed by atoms with Gasteiger partial charge in [-0.25, -0.2) is 4.98 Å². The highest BCUT2D eigenvalue weighted by atomic mass is 32.2. The Kier molecular flexibility index (Phi) is 5.50. The van der Waals surface area contributed by atoms with Crippen LogP contribution in [0.4, 0.5) is 0 Å². The number of aryl methyl sites for hydroxylation is 1. The van der Waals surface area contributed by atoms with Gasteiger partial charge in [0.1, 0.15) is 6.26 Å². The number of rotatable bonds is 7. The van der Waals surface area contributed by atoms with E-state index in [9.17, 15) is 0 Å². The van der Waals surface area contributed by atoms with Gasteiger partial charge in [-0.05, 0) is 19.9 Å². The number of aromatic nitrogens is 1. The highest BCUT2D eigenvalue weighted by Crippen LogP contribution is 2.18. The molecule has 1 aromatic heterocycles. The molecule has 0 amide bonds. The predicted molar refractivity (Wildman–Crippen MR) is 64.3 cm³/mol. The molecule has 1 aromatic rings. The summed E-state index contributed by atoms with van der Waals surface area (Å²) in [6.07, 6.45) is 2.82. The first-order valence-electron chi connectivity index (χ1n) is 5.14. The normalized spacial score (nSPS) is 10.5. The van der Waals surface area contributed by atoms with Crippen molar-refractivity contribution in [2.24, 2.45) is 0 Å². The van der Waals surface area contributed by atoms with Gasteiger partial charge < -0.3 is 9.73 Å². The van der Waals surface area contributed by atoms with Crippen molar-refractivity contribution in [1.29, 1.82) is 0 Å². The highest BCUT2D eigenvalue weighted by Gasteiger charge is 2.02. The molecule has 0 aliphatic rings. The fraction of sp³-hybridized carbons (Fsp3) is 0.545. The lowest BCUT2D eigenvalue weighted by molar-refractivity contribution is 0.454. The minimum Gasteiger partial charge on any atom is -0.440 e. The largest absolute Gasteiger partial charge is 0.440 e. The number of hydrogen-bond donors (Lipinski definition) is 1. The van der Waals surface area contributed by atoms with Crippen LogP contribution in [0.5, 0.6) is 0 Å². The van der Waals surface area contributed by atoms with Gasteiger partial charge in [-0.1, -0.05) is 30.8 Å². The molecule has 0 atom stereocenters. The summed E-state index contributed by atoms with van der Waals surface area (Å²) in [5.41, 5.74) is 2.09. The van der Waals surface area contributed by atoms with E-state index in [1.165, 1.54) is 5.57 Å². The van der Waals surface area contributed by atoms with Crippen molar-refractivity contribution in [2.45, 2.75) is 25.5 Å². The monoisotopic (exact) mass is 226 g/mol. The third-order valence-corrected chi connectivity index (χ3v) is 2.79. The van der Waals surface area contributed by atoms with Gasteiger partial charge in [-0.3, -0.25) is 0 Å². The van der Waals surface area contributed by atoms with Crippen LogP contribution in [-0.4, -0.2) is 23.8 Å². The molecule has 0 saturated carbocycles. The Hall–Kier alpha value is -0.740. The summed E-state index contributed by atoms with van der Waals surface area (Å²) in [6, 6.07) is 0. The minimum absolute atomic E-state index is 0.726. The molecule has 15 heavy (non-hydrogen) atoms. The minimum atomic E-state index is 0.726. The molecule has 3 nitrogen and oxygen atoms in total. The third kappa shape index (κ3) is 5.04. The Morgan fingerprint density at radius 1 is 1.67 bits per heavy atom. The number of nitrogens with zero attached hydrogens (tertiary/aromatic N) is 1. The number of thioether (sulfide) groups is 1. The predicted octanol–water partition coefficient (Wildman–Crippen LogP) is 2.63. The summed E-state index contributed by atoms with van der Waals surface area (Å²) in [4.78, 5) is 4.21. The molecule has 0 aliphatic carbocycles. The molecule has 0 spiro atoms. The van der Waals surface area contributed by atoms with Crippen LogP contribution in [0.25, 0.3) is 0 Å². The molecule has 0 unspecified atom stereocenters. The maximum Gasteiger partial charge on any atom is 0.256 e. The fourth-order valence-electron chi connectivity index (χ4n) is 1.06. The van der Waals surface area contributed by atoms with Gasteiger partial charge in [0.25, 0.3) is 5.22 Å². The van der Waals surface area contributed by atoms with Crippen LogP contribution in [0.15, 0.2) is 28.1 Å². The lowest BCUT2D eigenvalue weighted by Crippen LogP contribution is -2.18. The summed E-state index contributed by atoms with van der Waals surface area (Å²) < 4.78 is 5.23. The van der Waals surface area contributed by atoms with Crippen molar-refractivity contribution in [2.75, 3.05) is 18.8 Å². The van der Waals surface area contributed by atoms with Crippen LogP contribution in [-0.2, 0) is 0 Å². The summed E-state index contributed by atoms with van der Waals surface area (Å²) in [6.45, 7) is 9.99. The van der Waals surface area contributed by atoms with Crippen molar-refractivity contribution in [3.63, 3.8) is 0 Å². The Morgan fingerprint density at radius 3 is 3.07 bits per heavy atom. The van der Waals surface area contributed by atoms with E-state index in [-0.39, 0.29) is 0 Å².